The van der Waals surface area contributed by atoms with E-state index in [9.17, 15) is 0 Å². The number of nitrogens with zero attached hydrogens (tertiary/aromatic N) is 4. The number of morpholine rings is 1. The first kappa shape index (κ1) is 20.9. The van der Waals surface area contributed by atoms with E-state index in [2.05, 4.69) is 20.2 Å². The third kappa shape index (κ3) is 5.10. The fraction of sp³-hybridized carbons (Fsp3) is 0.192. The van der Waals surface area contributed by atoms with Gasteiger partial charge in [-0.05, 0) is 55.5 Å². The monoisotopic (exact) mass is 439 g/mol. The summed E-state index contributed by atoms with van der Waals surface area (Å²) in [6.45, 7) is 5.17. The summed E-state index contributed by atoms with van der Waals surface area (Å²) in [5.74, 6) is 3.92. The molecule has 0 unspecified atom stereocenters. The number of rotatable bonds is 6. The number of aryl methyl sites for hydroxylation is 1. The largest absolute Gasteiger partial charge is 0.457 e. The molecule has 166 valence electrons. The Morgan fingerprint density at radius 3 is 2.33 bits per heavy atom. The van der Waals surface area contributed by atoms with E-state index in [1.165, 1.54) is 0 Å². The molecule has 5 rings (SSSR count). The van der Waals surface area contributed by atoms with Gasteiger partial charge in [0.2, 0.25) is 0 Å². The number of pyridine rings is 1. The van der Waals surface area contributed by atoms with Crippen LogP contribution in [0.4, 0.5) is 17.3 Å². The van der Waals surface area contributed by atoms with Crippen LogP contribution in [0.3, 0.4) is 0 Å². The molecule has 7 nitrogen and oxygen atoms in total. The first-order valence-electron chi connectivity index (χ1n) is 11.0. The zero-order chi connectivity index (χ0) is 22.5. The average Bonchev–Trinajstić information content (AvgIpc) is 2.88. The minimum absolute atomic E-state index is 0.633. The number of benzene rings is 2. The molecule has 0 bridgehead atoms. The van der Waals surface area contributed by atoms with E-state index in [0.29, 0.717) is 5.82 Å². The fourth-order valence-electron chi connectivity index (χ4n) is 3.57. The van der Waals surface area contributed by atoms with Crippen LogP contribution in [-0.4, -0.2) is 41.3 Å². The van der Waals surface area contributed by atoms with E-state index in [1.54, 1.807) is 0 Å². The van der Waals surface area contributed by atoms with Gasteiger partial charge in [0.25, 0.3) is 0 Å². The summed E-state index contributed by atoms with van der Waals surface area (Å²) < 4.78 is 11.3. The van der Waals surface area contributed by atoms with E-state index in [4.69, 9.17) is 14.5 Å². The van der Waals surface area contributed by atoms with Crippen molar-refractivity contribution in [3.63, 3.8) is 0 Å². The molecule has 33 heavy (non-hydrogen) atoms. The third-order valence-corrected chi connectivity index (χ3v) is 5.41. The number of nitrogens with one attached hydrogen (secondary N) is 1. The van der Waals surface area contributed by atoms with Crippen molar-refractivity contribution in [2.24, 2.45) is 0 Å². The number of para-hydroxylation sites is 1. The van der Waals surface area contributed by atoms with Crippen LogP contribution in [0.15, 0.2) is 79.1 Å². The second-order valence-electron chi connectivity index (χ2n) is 7.79. The number of anilines is 3. The molecule has 2 aromatic carbocycles. The van der Waals surface area contributed by atoms with E-state index in [0.717, 1.165) is 66.3 Å². The number of hydrogen-bond acceptors (Lipinski definition) is 7. The normalized spacial score (nSPS) is 13.5. The van der Waals surface area contributed by atoms with E-state index in [-0.39, 0.29) is 0 Å². The molecule has 3 heterocycles. The first-order chi connectivity index (χ1) is 16.2. The van der Waals surface area contributed by atoms with Gasteiger partial charge >= 0.3 is 0 Å². The molecule has 0 radical (unpaired) electrons. The molecule has 0 atom stereocenters. The van der Waals surface area contributed by atoms with Crippen molar-refractivity contribution in [2.45, 2.75) is 6.92 Å². The van der Waals surface area contributed by atoms with E-state index < -0.39 is 0 Å². The zero-order valence-corrected chi connectivity index (χ0v) is 18.4. The Bertz CT molecular complexity index is 1190. The molecular weight excluding hydrogens is 414 g/mol. The van der Waals surface area contributed by atoms with Crippen LogP contribution >= 0.6 is 0 Å². The Morgan fingerprint density at radius 2 is 1.61 bits per heavy atom. The second kappa shape index (κ2) is 9.67. The number of aromatic nitrogens is 3. The molecular formula is C26H25N5O2. The Labute approximate surface area is 193 Å². The van der Waals surface area contributed by atoms with E-state index >= 15 is 0 Å². The lowest BCUT2D eigenvalue weighted by Gasteiger charge is -2.27. The van der Waals surface area contributed by atoms with Crippen LogP contribution in [0, 0.1) is 6.92 Å². The van der Waals surface area contributed by atoms with Crippen LogP contribution in [0.2, 0.25) is 0 Å². The van der Waals surface area contributed by atoms with Gasteiger partial charge in [0, 0.05) is 42.3 Å². The summed E-state index contributed by atoms with van der Waals surface area (Å²) >= 11 is 0. The lowest BCUT2D eigenvalue weighted by atomic mass is 10.2. The molecule has 7 heteroatoms. The molecule has 1 aliphatic rings. The third-order valence-electron chi connectivity index (χ3n) is 5.41. The molecule has 0 saturated carbocycles. The van der Waals surface area contributed by atoms with Crippen LogP contribution in [-0.2, 0) is 4.74 Å². The van der Waals surface area contributed by atoms with E-state index in [1.807, 2.05) is 86.0 Å². The van der Waals surface area contributed by atoms with Gasteiger partial charge in [-0.15, -0.1) is 0 Å². The van der Waals surface area contributed by atoms with Crippen LogP contribution in [0.5, 0.6) is 11.5 Å². The van der Waals surface area contributed by atoms with Gasteiger partial charge in [-0.3, -0.25) is 0 Å². The molecule has 1 saturated heterocycles. The van der Waals surface area contributed by atoms with Crippen molar-refractivity contribution in [2.75, 3.05) is 36.5 Å². The fourth-order valence-corrected chi connectivity index (χ4v) is 3.57. The second-order valence-corrected chi connectivity index (χ2v) is 7.79. The highest BCUT2D eigenvalue weighted by molar-refractivity contribution is 5.64. The van der Waals surface area contributed by atoms with Crippen molar-refractivity contribution < 1.29 is 9.47 Å². The number of hydrogen-bond donors (Lipinski definition) is 1. The highest BCUT2D eigenvalue weighted by atomic mass is 16.5. The molecule has 1 aliphatic heterocycles. The minimum atomic E-state index is 0.633. The molecule has 0 spiro atoms. The molecule has 0 amide bonds. The molecule has 1 fully saturated rings. The van der Waals surface area contributed by atoms with Gasteiger partial charge in [-0.2, -0.15) is 0 Å². The molecule has 4 aromatic rings. The van der Waals surface area contributed by atoms with Gasteiger partial charge in [0.15, 0.2) is 5.82 Å². The zero-order valence-electron chi connectivity index (χ0n) is 18.4. The van der Waals surface area contributed by atoms with Crippen molar-refractivity contribution >= 4 is 17.3 Å². The average molecular weight is 440 g/mol. The van der Waals surface area contributed by atoms with Gasteiger partial charge in [-0.25, -0.2) is 15.0 Å². The van der Waals surface area contributed by atoms with Crippen LogP contribution < -0.4 is 15.0 Å². The smallest absolute Gasteiger partial charge is 0.163 e. The maximum absolute atomic E-state index is 5.87. The molecule has 0 aliphatic carbocycles. The van der Waals surface area contributed by atoms with Crippen molar-refractivity contribution in [3.8, 4) is 22.9 Å². The van der Waals surface area contributed by atoms with Gasteiger partial charge in [0.1, 0.15) is 23.1 Å². The number of ether oxygens (including phenoxy) is 2. The summed E-state index contributed by atoms with van der Waals surface area (Å²) in [6, 6.07) is 21.6. The first-order valence-corrected chi connectivity index (χ1v) is 11.0. The predicted octanol–water partition coefficient (Wildman–Crippen LogP) is 5.22. The van der Waals surface area contributed by atoms with Crippen molar-refractivity contribution in [3.05, 3.63) is 84.7 Å². The Balaban J connectivity index is 1.29. The lowest BCUT2D eigenvalue weighted by Crippen LogP contribution is -2.36. The maximum Gasteiger partial charge on any atom is 0.163 e. The maximum atomic E-state index is 5.87. The summed E-state index contributed by atoms with van der Waals surface area (Å²) in [7, 11) is 0. The highest BCUT2D eigenvalue weighted by Gasteiger charge is 2.13. The summed E-state index contributed by atoms with van der Waals surface area (Å²) in [5, 5.41) is 3.39. The quantitative estimate of drug-likeness (QED) is 0.442. The van der Waals surface area contributed by atoms with Gasteiger partial charge < -0.3 is 19.7 Å². The topological polar surface area (TPSA) is 72.4 Å². The Hall–Kier alpha value is -3.97. The molecule has 1 N–H and O–H groups in total. The summed E-state index contributed by atoms with van der Waals surface area (Å²) in [6.07, 6.45) is 3.66. The van der Waals surface area contributed by atoms with Crippen molar-refractivity contribution in [1.82, 2.24) is 15.0 Å². The summed E-state index contributed by atoms with van der Waals surface area (Å²) in [5.41, 5.74) is 2.76. The Morgan fingerprint density at radius 1 is 0.848 bits per heavy atom. The SMILES string of the molecule is Cc1cnc(-c2ccc(N3CCOCC3)nc2)nc1Nc1ccc(Oc2ccccc2)cc1. The van der Waals surface area contributed by atoms with Gasteiger partial charge in [0.05, 0.1) is 13.2 Å². The Kier molecular flexibility index (Phi) is 6.12. The highest BCUT2D eigenvalue weighted by Crippen LogP contribution is 2.26. The van der Waals surface area contributed by atoms with Crippen LogP contribution in [0.1, 0.15) is 5.56 Å². The summed E-state index contributed by atoms with van der Waals surface area (Å²) in [4.78, 5) is 16.1. The molecule has 2 aromatic heterocycles. The van der Waals surface area contributed by atoms with Gasteiger partial charge in [-0.1, -0.05) is 18.2 Å². The lowest BCUT2D eigenvalue weighted by molar-refractivity contribution is 0.122. The van der Waals surface area contributed by atoms with Crippen LogP contribution in [0.25, 0.3) is 11.4 Å². The standard InChI is InChI=1S/C26H25N5O2/c1-19-17-28-26(20-7-12-24(27-18-20)31-13-15-32-16-14-31)30-25(19)29-21-8-10-23(11-9-21)33-22-5-3-2-4-6-22/h2-12,17-18H,13-16H2,1H3,(H,28,29,30). The van der Waals surface area contributed by atoms with Crippen molar-refractivity contribution in [1.29, 1.82) is 0 Å². The minimum Gasteiger partial charge on any atom is -0.457 e. The predicted molar refractivity (Wildman–Crippen MR) is 129 cm³/mol.